The van der Waals surface area contributed by atoms with Gasteiger partial charge in [-0.25, -0.2) is 4.39 Å². The van der Waals surface area contributed by atoms with Crippen molar-refractivity contribution in [2.75, 3.05) is 34.2 Å². The summed E-state index contributed by atoms with van der Waals surface area (Å²) in [5, 5.41) is 3.89. The first-order chi connectivity index (χ1) is 8.49. The molecule has 0 fully saturated rings. The topological polar surface area (TPSA) is 19.7 Å². The number of halogens is 1. The van der Waals surface area contributed by atoms with Crippen molar-refractivity contribution in [3.8, 4) is 0 Å². The molecular weight excluding hydrogens is 249 g/mol. The van der Waals surface area contributed by atoms with Crippen molar-refractivity contribution < 1.29 is 9.29 Å². The van der Waals surface area contributed by atoms with Crippen LogP contribution in [0.5, 0.6) is 0 Å². The molecule has 0 atom stereocenters. The number of nitrogens with zero attached hydrogens (tertiary/aromatic N) is 1. The van der Waals surface area contributed by atoms with Crippen molar-refractivity contribution in [3.63, 3.8) is 0 Å². The van der Waals surface area contributed by atoms with Crippen LogP contribution in [0.2, 0.25) is 0 Å². The molecule has 0 amide bonds. The van der Waals surface area contributed by atoms with E-state index in [-0.39, 0.29) is 5.82 Å². The lowest BCUT2D eigenvalue weighted by atomic mass is 10.2. The van der Waals surface area contributed by atoms with E-state index in [2.05, 4.69) is 19.4 Å². The van der Waals surface area contributed by atoms with Gasteiger partial charge in [-0.1, -0.05) is 12.1 Å². The molecule has 0 spiro atoms. The minimum absolute atomic E-state index is 0.212. The molecule has 0 saturated heterocycles. The van der Waals surface area contributed by atoms with E-state index < -0.39 is 0 Å². The van der Waals surface area contributed by atoms with Gasteiger partial charge in [0, 0.05) is 13.6 Å². The molecule has 3 nitrogen and oxygen atoms in total. The Balaban J connectivity index is 2.40. The smallest absolute Gasteiger partial charge is 0.169 e. The quantitative estimate of drug-likeness (QED) is 0.750. The Morgan fingerprint density at radius 2 is 2.17 bits per heavy atom. The van der Waals surface area contributed by atoms with Crippen molar-refractivity contribution in [2.24, 2.45) is 0 Å². The number of likely N-dealkylation sites (N-methyl/N-ethyl adjacent to an activating group) is 1. The molecule has 1 rings (SSSR count). The summed E-state index contributed by atoms with van der Waals surface area (Å²) in [6.45, 7) is 2.46. The van der Waals surface area contributed by atoms with E-state index in [1.807, 2.05) is 18.0 Å². The second-order valence-electron chi connectivity index (χ2n) is 4.68. The molecule has 0 aliphatic carbocycles. The van der Waals surface area contributed by atoms with Crippen LogP contribution in [0.15, 0.2) is 24.3 Å². The SMILES string of the molecule is CN(Cc1cccc(F)c1)C(=S)NCC[NH+](C)C. The van der Waals surface area contributed by atoms with Gasteiger partial charge in [-0.3, -0.25) is 0 Å². The summed E-state index contributed by atoms with van der Waals surface area (Å²) in [6.07, 6.45) is 0. The van der Waals surface area contributed by atoms with Crippen LogP contribution in [-0.2, 0) is 6.54 Å². The predicted octanol–water partition coefficient (Wildman–Crippen LogP) is 0.277. The van der Waals surface area contributed by atoms with E-state index in [0.29, 0.717) is 11.7 Å². The van der Waals surface area contributed by atoms with Crippen LogP contribution < -0.4 is 10.2 Å². The van der Waals surface area contributed by atoms with Gasteiger partial charge in [0.15, 0.2) is 5.11 Å². The minimum atomic E-state index is -0.212. The number of rotatable bonds is 5. The molecule has 2 N–H and O–H groups in total. The van der Waals surface area contributed by atoms with Gasteiger partial charge < -0.3 is 15.1 Å². The summed E-state index contributed by atoms with van der Waals surface area (Å²) in [7, 11) is 6.10. The van der Waals surface area contributed by atoms with Crippen molar-refractivity contribution in [3.05, 3.63) is 35.6 Å². The third-order valence-corrected chi connectivity index (χ3v) is 3.01. The fourth-order valence-corrected chi connectivity index (χ4v) is 1.70. The molecule has 0 heterocycles. The predicted molar refractivity (Wildman–Crippen MR) is 76.1 cm³/mol. The van der Waals surface area contributed by atoms with Crippen molar-refractivity contribution in [2.45, 2.75) is 6.54 Å². The second kappa shape index (κ2) is 7.28. The summed E-state index contributed by atoms with van der Waals surface area (Å²) in [4.78, 5) is 3.29. The first-order valence-corrected chi connectivity index (χ1v) is 6.42. The largest absolute Gasteiger partial charge is 0.357 e. The molecule has 0 unspecified atom stereocenters. The van der Waals surface area contributed by atoms with Crippen LogP contribution in [0.4, 0.5) is 4.39 Å². The Labute approximate surface area is 114 Å². The van der Waals surface area contributed by atoms with Gasteiger partial charge >= 0.3 is 0 Å². The third-order valence-electron chi connectivity index (χ3n) is 2.56. The average Bonchev–Trinajstić information content (AvgIpc) is 2.28. The molecule has 1 aromatic carbocycles. The minimum Gasteiger partial charge on any atom is -0.357 e. The van der Waals surface area contributed by atoms with Crippen molar-refractivity contribution in [1.82, 2.24) is 10.2 Å². The Hall–Kier alpha value is -1.20. The zero-order chi connectivity index (χ0) is 13.5. The van der Waals surface area contributed by atoms with E-state index in [0.717, 1.165) is 18.7 Å². The average molecular weight is 270 g/mol. The van der Waals surface area contributed by atoms with E-state index in [1.54, 1.807) is 6.07 Å². The molecule has 0 radical (unpaired) electrons. The normalized spacial score (nSPS) is 10.5. The molecule has 18 heavy (non-hydrogen) atoms. The van der Waals surface area contributed by atoms with Crippen LogP contribution in [0.1, 0.15) is 5.56 Å². The number of benzene rings is 1. The molecule has 0 aliphatic heterocycles. The standard InChI is InChI=1S/C13H20FN3S/c1-16(2)8-7-15-13(18)17(3)10-11-5-4-6-12(14)9-11/h4-6,9H,7-8,10H2,1-3H3,(H,15,18)/p+1. The lowest BCUT2D eigenvalue weighted by Crippen LogP contribution is -3.06. The fourth-order valence-electron chi connectivity index (χ4n) is 1.54. The van der Waals surface area contributed by atoms with Crippen LogP contribution >= 0.6 is 12.2 Å². The van der Waals surface area contributed by atoms with Crippen LogP contribution in [0, 0.1) is 5.82 Å². The lowest BCUT2D eigenvalue weighted by molar-refractivity contribution is -0.856. The molecule has 5 heteroatoms. The highest BCUT2D eigenvalue weighted by molar-refractivity contribution is 7.80. The molecule has 100 valence electrons. The first kappa shape index (κ1) is 14.9. The summed E-state index contributed by atoms with van der Waals surface area (Å²) >= 11 is 5.27. The van der Waals surface area contributed by atoms with Crippen LogP contribution in [-0.4, -0.2) is 44.2 Å². The second-order valence-corrected chi connectivity index (χ2v) is 5.06. The van der Waals surface area contributed by atoms with Gasteiger partial charge in [0.05, 0.1) is 27.2 Å². The van der Waals surface area contributed by atoms with Gasteiger partial charge in [-0.2, -0.15) is 0 Å². The maximum absolute atomic E-state index is 13.0. The van der Waals surface area contributed by atoms with Gasteiger partial charge in [0.25, 0.3) is 0 Å². The highest BCUT2D eigenvalue weighted by atomic mass is 32.1. The number of thiocarbonyl (C=S) groups is 1. The van der Waals surface area contributed by atoms with Gasteiger partial charge in [-0.05, 0) is 29.9 Å². The summed E-state index contributed by atoms with van der Waals surface area (Å²) in [5.74, 6) is -0.212. The number of hydrogen-bond acceptors (Lipinski definition) is 1. The van der Waals surface area contributed by atoms with Crippen LogP contribution in [0.3, 0.4) is 0 Å². The van der Waals surface area contributed by atoms with E-state index in [4.69, 9.17) is 12.2 Å². The van der Waals surface area contributed by atoms with E-state index in [1.165, 1.54) is 17.0 Å². The highest BCUT2D eigenvalue weighted by Crippen LogP contribution is 2.06. The Morgan fingerprint density at radius 1 is 1.44 bits per heavy atom. The molecule has 1 aromatic rings. The maximum atomic E-state index is 13.0. The Morgan fingerprint density at radius 3 is 2.78 bits per heavy atom. The lowest BCUT2D eigenvalue weighted by Gasteiger charge is -2.21. The Bertz CT molecular complexity index is 396. The van der Waals surface area contributed by atoms with Gasteiger partial charge in [0.2, 0.25) is 0 Å². The van der Waals surface area contributed by atoms with Gasteiger partial charge in [-0.15, -0.1) is 0 Å². The zero-order valence-corrected chi connectivity index (χ0v) is 12.0. The van der Waals surface area contributed by atoms with Crippen molar-refractivity contribution >= 4 is 17.3 Å². The summed E-state index contributed by atoms with van der Waals surface area (Å²) < 4.78 is 13.0. The van der Waals surface area contributed by atoms with Gasteiger partial charge in [0.1, 0.15) is 5.82 Å². The maximum Gasteiger partial charge on any atom is 0.169 e. The molecule has 0 aliphatic rings. The first-order valence-electron chi connectivity index (χ1n) is 6.01. The summed E-state index contributed by atoms with van der Waals surface area (Å²) in [5.41, 5.74) is 0.917. The number of hydrogen-bond donors (Lipinski definition) is 2. The third kappa shape index (κ3) is 5.42. The molecule has 0 bridgehead atoms. The van der Waals surface area contributed by atoms with Crippen molar-refractivity contribution in [1.29, 1.82) is 0 Å². The molecule has 0 saturated carbocycles. The summed E-state index contributed by atoms with van der Waals surface area (Å²) in [6, 6.07) is 6.58. The molecule has 0 aromatic heterocycles. The fraction of sp³-hybridized carbons (Fsp3) is 0.462. The Kier molecular flexibility index (Phi) is 6.01. The monoisotopic (exact) mass is 270 g/mol. The van der Waals surface area contributed by atoms with Crippen LogP contribution in [0.25, 0.3) is 0 Å². The molecular formula is C13H21FN3S+. The highest BCUT2D eigenvalue weighted by Gasteiger charge is 2.05. The van der Waals surface area contributed by atoms with E-state index >= 15 is 0 Å². The zero-order valence-electron chi connectivity index (χ0n) is 11.2. The van der Waals surface area contributed by atoms with E-state index in [9.17, 15) is 4.39 Å². The number of quaternary nitrogens is 1. The number of nitrogens with one attached hydrogen (secondary N) is 2.